The van der Waals surface area contributed by atoms with Crippen molar-refractivity contribution >= 4 is 16.7 Å². The number of aliphatic hydroxyl groups is 2. The Labute approximate surface area is 181 Å². The molecule has 9 heteroatoms. The van der Waals surface area contributed by atoms with E-state index in [1.54, 1.807) is 4.57 Å². The van der Waals surface area contributed by atoms with Gasteiger partial charge in [-0.05, 0) is 51.3 Å². The second kappa shape index (κ2) is 11.0. The molecule has 0 saturated heterocycles. The van der Waals surface area contributed by atoms with Gasteiger partial charge in [0.15, 0.2) is 11.5 Å². The fourth-order valence-electron chi connectivity index (χ4n) is 3.64. The number of fused-ring (bicyclic) bond motifs is 2. The first-order valence-electron chi connectivity index (χ1n) is 10.9. The zero-order valence-corrected chi connectivity index (χ0v) is 19.0. The lowest BCUT2D eigenvalue weighted by Gasteiger charge is -2.25. The molecule has 2 aliphatic heterocycles. The number of hydrogen-bond donors (Lipinski definition) is 3. The number of anilines is 1. The van der Waals surface area contributed by atoms with E-state index in [2.05, 4.69) is 33.7 Å². The van der Waals surface area contributed by atoms with Gasteiger partial charge in [0.1, 0.15) is 0 Å². The number of aryl methyl sites for hydroxylation is 2. The first kappa shape index (κ1) is 24.5. The lowest BCUT2D eigenvalue weighted by Crippen LogP contribution is -2.29. The van der Waals surface area contributed by atoms with E-state index in [0.717, 1.165) is 29.9 Å². The predicted octanol–water partition coefficient (Wildman–Crippen LogP) is 1.90. The number of nitrogens with one attached hydrogen (secondary N) is 1. The number of hydrogen-bond acceptors (Lipinski definition) is 7. The molecular weight excluding hydrogens is 398 g/mol. The van der Waals surface area contributed by atoms with Gasteiger partial charge in [-0.15, -0.1) is 0 Å². The van der Waals surface area contributed by atoms with Crippen LogP contribution < -0.4 is 16.1 Å². The van der Waals surface area contributed by atoms with Crippen molar-refractivity contribution < 1.29 is 10.2 Å². The van der Waals surface area contributed by atoms with Gasteiger partial charge >= 0.3 is 5.69 Å². The Balaban J connectivity index is 0.00000166. The van der Waals surface area contributed by atoms with Gasteiger partial charge in [-0.2, -0.15) is 4.98 Å². The highest BCUT2D eigenvalue weighted by atomic mass is 16.3. The van der Waals surface area contributed by atoms with E-state index >= 15 is 0 Å². The summed E-state index contributed by atoms with van der Waals surface area (Å²) in [5, 5.41) is 19.1. The summed E-state index contributed by atoms with van der Waals surface area (Å²) in [5.41, 5.74) is 2.20. The van der Waals surface area contributed by atoms with Crippen LogP contribution in [0.2, 0.25) is 0 Å². The van der Waals surface area contributed by atoms with Crippen LogP contribution in [0.15, 0.2) is 21.7 Å². The average Bonchev–Trinajstić information content (AvgIpc) is 2.75. The molecule has 9 nitrogen and oxygen atoms in total. The van der Waals surface area contributed by atoms with Crippen molar-refractivity contribution in [1.82, 2.24) is 19.5 Å². The minimum atomic E-state index is -0.732. The summed E-state index contributed by atoms with van der Waals surface area (Å²) < 4.78 is 1.77. The highest BCUT2D eigenvalue weighted by Gasteiger charge is 2.21. The van der Waals surface area contributed by atoms with Crippen LogP contribution in [0, 0.1) is 6.92 Å². The summed E-state index contributed by atoms with van der Waals surface area (Å²) in [4.78, 5) is 37.0. The molecule has 1 aromatic rings. The van der Waals surface area contributed by atoms with Gasteiger partial charge in [0.2, 0.25) is 0 Å². The number of H-pyrrole nitrogens is 1. The molecule has 3 rings (SSSR count). The molecule has 1 aromatic carbocycles. The average molecular weight is 432 g/mol. The monoisotopic (exact) mass is 431 g/mol. The number of benzene rings is 1. The Morgan fingerprint density at radius 1 is 1.13 bits per heavy atom. The van der Waals surface area contributed by atoms with E-state index in [1.807, 2.05) is 32.9 Å². The van der Waals surface area contributed by atoms with Crippen LogP contribution in [0.4, 0.5) is 5.69 Å². The van der Waals surface area contributed by atoms with Gasteiger partial charge in [0.25, 0.3) is 5.56 Å². The Morgan fingerprint density at radius 3 is 2.42 bits per heavy atom. The molecule has 2 heterocycles. The van der Waals surface area contributed by atoms with E-state index < -0.39 is 17.4 Å². The number of rotatable bonds is 8. The summed E-state index contributed by atoms with van der Waals surface area (Å²) in [6, 6.07) is 3.92. The van der Waals surface area contributed by atoms with Crippen LogP contribution in [0.25, 0.3) is 22.6 Å². The van der Waals surface area contributed by atoms with Crippen molar-refractivity contribution in [3.8, 4) is 11.5 Å². The van der Waals surface area contributed by atoms with Crippen LogP contribution in [0.5, 0.6) is 0 Å². The van der Waals surface area contributed by atoms with E-state index in [-0.39, 0.29) is 24.5 Å². The van der Waals surface area contributed by atoms with E-state index in [9.17, 15) is 14.7 Å². The molecule has 0 unspecified atom stereocenters. The summed E-state index contributed by atoms with van der Waals surface area (Å²) in [5.74, 6) is 0.191. The molecule has 0 bridgehead atoms. The van der Waals surface area contributed by atoms with Crippen LogP contribution in [0.1, 0.15) is 46.1 Å². The van der Waals surface area contributed by atoms with Crippen molar-refractivity contribution in [3.05, 3.63) is 38.5 Å². The third-order valence-electron chi connectivity index (χ3n) is 5.18. The van der Waals surface area contributed by atoms with Gasteiger partial charge in [-0.25, -0.2) is 9.78 Å². The molecule has 0 aromatic heterocycles. The quantitative estimate of drug-likeness (QED) is 0.465. The van der Waals surface area contributed by atoms with Gasteiger partial charge < -0.3 is 19.7 Å². The maximum atomic E-state index is 12.3. The third-order valence-corrected chi connectivity index (χ3v) is 5.18. The molecule has 0 amide bonds. The van der Waals surface area contributed by atoms with Crippen LogP contribution in [0.3, 0.4) is 0 Å². The molecule has 0 spiro atoms. The molecule has 3 N–H and O–H groups in total. The fourth-order valence-corrected chi connectivity index (χ4v) is 3.64. The molecule has 0 radical (unpaired) electrons. The Morgan fingerprint density at radius 2 is 1.81 bits per heavy atom. The van der Waals surface area contributed by atoms with Crippen molar-refractivity contribution in [2.24, 2.45) is 0 Å². The maximum absolute atomic E-state index is 12.3. The molecule has 170 valence electrons. The normalized spacial score (nSPS) is 12.0. The summed E-state index contributed by atoms with van der Waals surface area (Å²) in [7, 11) is 0. The third kappa shape index (κ3) is 5.29. The van der Waals surface area contributed by atoms with Gasteiger partial charge in [-0.3, -0.25) is 9.78 Å². The second-order valence-electron chi connectivity index (χ2n) is 7.06. The fraction of sp³-hybridized carbons (Fsp3) is 0.545. The topological polar surface area (TPSA) is 124 Å². The molecular formula is C22H33N5O4. The van der Waals surface area contributed by atoms with Crippen molar-refractivity contribution in [3.63, 3.8) is 0 Å². The minimum Gasteiger partial charge on any atom is -0.396 e. The SMILES string of the molecule is CC.CCN(CC)c1cc2c(cc1C)nc1c(=O)[nH]c(=O)nc-1n2CC[C@H](O)CCO. The van der Waals surface area contributed by atoms with Crippen molar-refractivity contribution in [2.75, 3.05) is 24.6 Å². The van der Waals surface area contributed by atoms with Gasteiger partial charge in [0, 0.05) is 31.9 Å². The Kier molecular flexibility index (Phi) is 8.70. The summed E-state index contributed by atoms with van der Waals surface area (Å²) in [6.07, 6.45) is -0.102. The number of nitrogens with zero attached hydrogens (tertiary/aromatic N) is 4. The number of aromatic amines is 1. The Bertz CT molecular complexity index is 1090. The molecule has 0 fully saturated rings. The van der Waals surface area contributed by atoms with Crippen molar-refractivity contribution in [1.29, 1.82) is 0 Å². The van der Waals surface area contributed by atoms with Crippen LogP contribution >= 0.6 is 0 Å². The smallest absolute Gasteiger partial charge is 0.349 e. The second-order valence-corrected chi connectivity index (χ2v) is 7.06. The first-order chi connectivity index (χ1) is 14.9. The highest BCUT2D eigenvalue weighted by molar-refractivity contribution is 5.84. The summed E-state index contributed by atoms with van der Waals surface area (Å²) >= 11 is 0. The van der Waals surface area contributed by atoms with Crippen LogP contribution in [-0.4, -0.2) is 55.5 Å². The Hall–Kier alpha value is -2.78. The molecule has 1 atom stereocenters. The lowest BCUT2D eigenvalue weighted by molar-refractivity contribution is 0.121. The van der Waals surface area contributed by atoms with Gasteiger partial charge in [0.05, 0.1) is 17.1 Å². The largest absolute Gasteiger partial charge is 0.396 e. The van der Waals surface area contributed by atoms with Gasteiger partial charge in [-0.1, -0.05) is 13.8 Å². The molecule has 0 saturated carbocycles. The summed E-state index contributed by atoms with van der Waals surface area (Å²) in [6.45, 7) is 12.0. The van der Waals surface area contributed by atoms with Crippen LogP contribution in [-0.2, 0) is 6.54 Å². The molecule has 2 aliphatic rings. The minimum absolute atomic E-state index is 0.0868. The first-order valence-corrected chi connectivity index (χ1v) is 10.9. The van der Waals surface area contributed by atoms with E-state index in [4.69, 9.17) is 5.11 Å². The van der Waals surface area contributed by atoms with E-state index in [0.29, 0.717) is 18.5 Å². The lowest BCUT2D eigenvalue weighted by atomic mass is 10.1. The molecule has 0 aliphatic carbocycles. The molecule has 31 heavy (non-hydrogen) atoms. The zero-order chi connectivity index (χ0) is 23.1. The predicted molar refractivity (Wildman–Crippen MR) is 123 cm³/mol. The van der Waals surface area contributed by atoms with E-state index in [1.165, 1.54) is 0 Å². The number of aromatic nitrogens is 4. The standard InChI is InChI=1S/C20H27N5O4.C2H6/c1-4-24(5-2)15-11-16-14(10-12(15)3)21-17-18(22-20(29)23-19(17)28)25(16)8-6-13(27)7-9-26;1-2/h10-11,13,26-27H,4-9H2,1-3H3,(H,23,28,29);1-2H3/t13-;/m0./s1. The maximum Gasteiger partial charge on any atom is 0.349 e. The highest BCUT2D eigenvalue weighted by Crippen LogP contribution is 2.29. The number of aliphatic hydroxyl groups excluding tert-OH is 2. The zero-order valence-electron chi connectivity index (χ0n) is 19.0. The van der Waals surface area contributed by atoms with Crippen molar-refractivity contribution in [2.45, 2.75) is 60.1 Å².